The van der Waals surface area contributed by atoms with Crippen molar-refractivity contribution in [2.24, 2.45) is 0 Å². The average molecular weight is 271 g/mol. The number of aryl methyl sites for hydroxylation is 1. The lowest BCUT2D eigenvalue weighted by Crippen LogP contribution is -2.23. The van der Waals surface area contributed by atoms with Crippen molar-refractivity contribution in [3.63, 3.8) is 0 Å². The van der Waals surface area contributed by atoms with E-state index in [2.05, 4.69) is 14.9 Å². The van der Waals surface area contributed by atoms with Crippen LogP contribution in [0.25, 0.3) is 0 Å². The summed E-state index contributed by atoms with van der Waals surface area (Å²) in [4.78, 5) is 21.3. The van der Waals surface area contributed by atoms with Crippen molar-refractivity contribution in [3.8, 4) is 0 Å². The van der Waals surface area contributed by atoms with E-state index in [0.717, 1.165) is 23.6 Å². The molecule has 5 nitrogen and oxygen atoms in total. The van der Waals surface area contributed by atoms with E-state index >= 15 is 0 Å². The van der Waals surface area contributed by atoms with Crippen molar-refractivity contribution in [1.82, 2.24) is 9.97 Å². The molecular weight excluding hydrogens is 254 g/mol. The molecule has 0 bridgehead atoms. The predicted molar refractivity (Wildman–Crippen MR) is 76.9 cm³/mol. The van der Waals surface area contributed by atoms with Gasteiger partial charge in [-0.25, -0.2) is 9.78 Å². The second-order valence-corrected chi connectivity index (χ2v) is 4.49. The van der Waals surface area contributed by atoms with E-state index in [1.807, 2.05) is 38.1 Å². The van der Waals surface area contributed by atoms with Gasteiger partial charge in [0.15, 0.2) is 0 Å². The molecule has 1 N–H and O–H groups in total. The smallest absolute Gasteiger partial charge is 0.354 e. The second-order valence-electron chi connectivity index (χ2n) is 4.49. The third-order valence-electron chi connectivity index (χ3n) is 3.01. The van der Waals surface area contributed by atoms with Crippen LogP contribution < -0.4 is 4.90 Å². The van der Waals surface area contributed by atoms with E-state index < -0.39 is 5.97 Å². The molecule has 2 heterocycles. The van der Waals surface area contributed by atoms with Gasteiger partial charge >= 0.3 is 5.97 Å². The first-order chi connectivity index (χ1) is 9.60. The van der Waals surface area contributed by atoms with Gasteiger partial charge in [-0.2, -0.15) is 0 Å². The predicted octanol–water partition coefficient (Wildman–Crippen LogP) is 2.51. The first kappa shape index (κ1) is 14.0. The second kappa shape index (κ2) is 6.14. The van der Waals surface area contributed by atoms with Gasteiger partial charge in [0.25, 0.3) is 0 Å². The highest BCUT2D eigenvalue weighted by atomic mass is 16.4. The molecular formula is C15H17N3O2. The number of rotatable bonds is 5. The summed E-state index contributed by atoms with van der Waals surface area (Å²) in [5.74, 6) is -1.02. The number of carboxylic acids is 1. The minimum Gasteiger partial charge on any atom is -0.477 e. The number of aromatic nitrogens is 2. The number of carboxylic acid groups (broad SMARTS) is 1. The molecule has 0 fully saturated rings. The zero-order valence-corrected chi connectivity index (χ0v) is 11.6. The number of pyridine rings is 2. The summed E-state index contributed by atoms with van der Waals surface area (Å²) >= 11 is 0. The van der Waals surface area contributed by atoms with Gasteiger partial charge in [-0.3, -0.25) is 4.98 Å². The van der Waals surface area contributed by atoms with Crippen molar-refractivity contribution in [2.45, 2.75) is 20.4 Å². The van der Waals surface area contributed by atoms with E-state index in [0.29, 0.717) is 6.54 Å². The number of hydrogen-bond donors (Lipinski definition) is 1. The summed E-state index contributed by atoms with van der Waals surface area (Å²) in [6, 6.07) is 9.29. The third-order valence-corrected chi connectivity index (χ3v) is 3.01. The monoisotopic (exact) mass is 271 g/mol. The number of nitrogens with zero attached hydrogens (tertiary/aromatic N) is 3. The van der Waals surface area contributed by atoms with Gasteiger partial charge in [0.05, 0.1) is 12.2 Å². The Morgan fingerprint density at radius 1 is 1.35 bits per heavy atom. The number of hydrogen-bond acceptors (Lipinski definition) is 4. The maximum Gasteiger partial charge on any atom is 0.354 e. The molecule has 0 aliphatic carbocycles. The third kappa shape index (κ3) is 3.32. The van der Waals surface area contributed by atoms with Crippen LogP contribution in [0.2, 0.25) is 0 Å². The highest BCUT2D eigenvalue weighted by Crippen LogP contribution is 2.17. The quantitative estimate of drug-likeness (QED) is 0.905. The van der Waals surface area contributed by atoms with Gasteiger partial charge < -0.3 is 10.0 Å². The Morgan fingerprint density at radius 2 is 2.15 bits per heavy atom. The van der Waals surface area contributed by atoms with Gasteiger partial charge in [0.2, 0.25) is 0 Å². The van der Waals surface area contributed by atoms with Crippen molar-refractivity contribution in [1.29, 1.82) is 0 Å². The zero-order valence-electron chi connectivity index (χ0n) is 11.6. The molecule has 0 radical (unpaired) electrons. The van der Waals surface area contributed by atoms with E-state index in [9.17, 15) is 4.79 Å². The van der Waals surface area contributed by atoms with Crippen LogP contribution in [0.15, 0.2) is 36.5 Å². The first-order valence-electron chi connectivity index (χ1n) is 6.47. The summed E-state index contributed by atoms with van der Waals surface area (Å²) in [5.41, 5.74) is 2.82. The zero-order chi connectivity index (χ0) is 14.5. The Morgan fingerprint density at radius 3 is 2.80 bits per heavy atom. The molecule has 0 aliphatic rings. The van der Waals surface area contributed by atoms with Crippen LogP contribution in [-0.2, 0) is 6.54 Å². The minimum atomic E-state index is -1.02. The lowest BCUT2D eigenvalue weighted by atomic mass is 10.2. The van der Waals surface area contributed by atoms with Crippen LogP contribution in [0.4, 0.5) is 5.69 Å². The Hall–Kier alpha value is -2.43. The van der Waals surface area contributed by atoms with Gasteiger partial charge in [0.1, 0.15) is 5.69 Å². The van der Waals surface area contributed by atoms with E-state index in [-0.39, 0.29) is 5.69 Å². The van der Waals surface area contributed by atoms with Gasteiger partial charge in [-0.05, 0) is 38.1 Å². The average Bonchev–Trinajstić information content (AvgIpc) is 2.45. The number of carbonyl (C=O) groups is 1. The Kier molecular flexibility index (Phi) is 4.30. The molecule has 2 aromatic heterocycles. The number of aromatic carboxylic acids is 1. The maximum atomic E-state index is 11.0. The molecule has 0 saturated carbocycles. The van der Waals surface area contributed by atoms with Gasteiger partial charge in [-0.15, -0.1) is 0 Å². The summed E-state index contributed by atoms with van der Waals surface area (Å²) in [6.07, 6.45) is 1.52. The normalized spacial score (nSPS) is 10.3. The molecule has 0 amide bonds. The molecule has 0 unspecified atom stereocenters. The fourth-order valence-corrected chi connectivity index (χ4v) is 2.00. The molecule has 20 heavy (non-hydrogen) atoms. The topological polar surface area (TPSA) is 66.3 Å². The number of anilines is 1. The molecule has 0 spiro atoms. The lowest BCUT2D eigenvalue weighted by Gasteiger charge is -2.23. The molecule has 2 rings (SSSR count). The van der Waals surface area contributed by atoms with Crippen LogP contribution in [0, 0.1) is 6.92 Å². The highest BCUT2D eigenvalue weighted by Gasteiger charge is 2.10. The van der Waals surface area contributed by atoms with E-state index in [1.54, 1.807) is 6.07 Å². The van der Waals surface area contributed by atoms with Crippen LogP contribution >= 0.6 is 0 Å². The highest BCUT2D eigenvalue weighted by molar-refractivity contribution is 5.86. The summed E-state index contributed by atoms with van der Waals surface area (Å²) in [6.45, 7) is 5.38. The molecule has 0 aromatic carbocycles. The Bertz CT molecular complexity index is 614. The first-order valence-corrected chi connectivity index (χ1v) is 6.47. The van der Waals surface area contributed by atoms with Crippen molar-refractivity contribution >= 4 is 11.7 Å². The van der Waals surface area contributed by atoms with Crippen LogP contribution in [-0.4, -0.2) is 27.6 Å². The van der Waals surface area contributed by atoms with Crippen molar-refractivity contribution < 1.29 is 9.90 Å². The maximum absolute atomic E-state index is 11.0. The Balaban J connectivity index is 2.24. The van der Waals surface area contributed by atoms with Crippen molar-refractivity contribution in [3.05, 3.63) is 53.6 Å². The van der Waals surface area contributed by atoms with Crippen molar-refractivity contribution in [2.75, 3.05) is 11.4 Å². The molecule has 5 heteroatoms. The minimum absolute atomic E-state index is 0.0538. The molecule has 104 valence electrons. The standard InChI is InChI=1S/C15H17N3O2/c1-3-18(10-12-6-4-5-11(2)17-12)13-7-8-16-14(9-13)15(19)20/h4-9H,3,10H2,1-2H3,(H,19,20). The summed E-state index contributed by atoms with van der Waals surface area (Å²) in [7, 11) is 0. The molecule has 0 saturated heterocycles. The van der Waals surface area contributed by atoms with Crippen LogP contribution in [0.3, 0.4) is 0 Å². The van der Waals surface area contributed by atoms with Crippen LogP contribution in [0.1, 0.15) is 28.8 Å². The van der Waals surface area contributed by atoms with E-state index in [1.165, 1.54) is 6.20 Å². The largest absolute Gasteiger partial charge is 0.477 e. The fraction of sp³-hybridized carbons (Fsp3) is 0.267. The SMILES string of the molecule is CCN(Cc1cccc(C)n1)c1ccnc(C(=O)O)c1. The summed E-state index contributed by atoms with van der Waals surface area (Å²) in [5, 5.41) is 9.00. The lowest BCUT2D eigenvalue weighted by molar-refractivity contribution is 0.0690. The van der Waals surface area contributed by atoms with Gasteiger partial charge in [0, 0.05) is 24.1 Å². The fourth-order valence-electron chi connectivity index (χ4n) is 2.00. The van der Waals surface area contributed by atoms with Gasteiger partial charge in [-0.1, -0.05) is 6.07 Å². The summed E-state index contributed by atoms with van der Waals surface area (Å²) < 4.78 is 0. The molecule has 2 aromatic rings. The Labute approximate surface area is 117 Å². The van der Waals surface area contributed by atoms with E-state index in [4.69, 9.17) is 5.11 Å². The molecule has 0 atom stereocenters. The van der Waals surface area contributed by atoms with Crippen LogP contribution in [0.5, 0.6) is 0 Å². The molecule has 0 aliphatic heterocycles.